The molecule has 0 aromatic rings. The minimum Gasteiger partial charge on any atom is -0.444 e. The molecular weight excluding hydrogens is 252 g/mol. The largest absolute Gasteiger partial charge is 0.444 e. The van der Waals surface area contributed by atoms with E-state index < -0.39 is 5.60 Å². The van der Waals surface area contributed by atoms with Gasteiger partial charge in [0.1, 0.15) is 5.60 Å². The van der Waals surface area contributed by atoms with Crippen molar-refractivity contribution >= 4 is 6.09 Å². The number of unbranched alkanes of at least 4 members (excludes halogenated alkanes) is 3. The fourth-order valence-corrected chi connectivity index (χ4v) is 2.06. The van der Waals surface area contributed by atoms with Crippen LogP contribution in [0.3, 0.4) is 0 Å². The molecule has 0 spiro atoms. The monoisotopic (exact) mass is 286 g/mol. The Bertz CT molecular complexity index is 262. The molecule has 0 bridgehead atoms. The van der Waals surface area contributed by atoms with Gasteiger partial charge in [0.25, 0.3) is 0 Å². The van der Waals surface area contributed by atoms with Gasteiger partial charge in [-0.2, -0.15) is 0 Å². The summed E-state index contributed by atoms with van der Waals surface area (Å²) in [5.41, 5.74) is -0.437. The number of carbonyl (C=O) groups excluding carboxylic acids is 1. The summed E-state index contributed by atoms with van der Waals surface area (Å²) in [5.74, 6) is 0. The van der Waals surface area contributed by atoms with E-state index in [2.05, 4.69) is 31.4 Å². The highest BCUT2D eigenvalue weighted by Crippen LogP contribution is 2.07. The van der Waals surface area contributed by atoms with Gasteiger partial charge in [0.15, 0.2) is 0 Å². The van der Waals surface area contributed by atoms with Crippen LogP contribution in [0.2, 0.25) is 0 Å². The molecule has 2 N–H and O–H groups in total. The van der Waals surface area contributed by atoms with Crippen LogP contribution in [0.25, 0.3) is 0 Å². The van der Waals surface area contributed by atoms with Crippen molar-refractivity contribution in [3.8, 4) is 0 Å². The molecule has 20 heavy (non-hydrogen) atoms. The van der Waals surface area contributed by atoms with Gasteiger partial charge >= 0.3 is 6.09 Å². The quantitative estimate of drug-likeness (QED) is 0.633. The first kappa shape index (κ1) is 19.2. The number of amides is 1. The first-order valence-corrected chi connectivity index (χ1v) is 7.97. The molecule has 0 aromatic carbocycles. The standard InChI is InChI=1S/C16H34N2O2/c1-7-8-9-10-11-13(2)18-14(3)12-17-15(19)20-16(4,5)6/h13-14,18H,7-12H2,1-6H3,(H,17,19). The van der Waals surface area contributed by atoms with E-state index in [4.69, 9.17) is 4.74 Å². The molecule has 2 atom stereocenters. The van der Waals surface area contributed by atoms with E-state index in [0.29, 0.717) is 12.6 Å². The average Bonchev–Trinajstić information content (AvgIpc) is 2.30. The van der Waals surface area contributed by atoms with Crippen LogP contribution in [-0.2, 0) is 4.74 Å². The highest BCUT2D eigenvalue weighted by atomic mass is 16.6. The first-order valence-electron chi connectivity index (χ1n) is 7.97. The summed E-state index contributed by atoms with van der Waals surface area (Å²) in [6, 6.07) is 0.742. The number of hydrogen-bond donors (Lipinski definition) is 2. The van der Waals surface area contributed by atoms with Crippen LogP contribution in [-0.4, -0.2) is 30.3 Å². The maximum Gasteiger partial charge on any atom is 0.407 e. The lowest BCUT2D eigenvalue weighted by molar-refractivity contribution is 0.0522. The summed E-state index contributed by atoms with van der Waals surface area (Å²) in [5, 5.41) is 6.30. The third-order valence-corrected chi connectivity index (χ3v) is 3.01. The third-order valence-electron chi connectivity index (χ3n) is 3.01. The SMILES string of the molecule is CCCCCCC(C)NC(C)CNC(=O)OC(C)(C)C. The van der Waals surface area contributed by atoms with Gasteiger partial charge in [-0.1, -0.05) is 32.6 Å². The molecule has 120 valence electrons. The molecule has 4 nitrogen and oxygen atoms in total. The summed E-state index contributed by atoms with van der Waals surface area (Å²) in [6.45, 7) is 12.7. The summed E-state index contributed by atoms with van der Waals surface area (Å²) < 4.78 is 5.21. The second-order valence-electron chi connectivity index (χ2n) is 6.70. The first-order chi connectivity index (χ1) is 9.24. The predicted octanol–water partition coefficient (Wildman–Crippen LogP) is 3.85. The lowest BCUT2D eigenvalue weighted by Gasteiger charge is -2.23. The van der Waals surface area contributed by atoms with Crippen LogP contribution >= 0.6 is 0 Å². The summed E-state index contributed by atoms with van der Waals surface area (Å²) in [6.07, 6.45) is 6.03. The number of rotatable bonds is 9. The molecular formula is C16H34N2O2. The molecule has 0 aromatic heterocycles. The molecule has 0 saturated carbocycles. The Labute approximate surface area is 125 Å². The number of nitrogens with one attached hydrogen (secondary N) is 2. The zero-order valence-corrected chi connectivity index (χ0v) is 14.2. The van der Waals surface area contributed by atoms with Gasteiger partial charge in [-0.25, -0.2) is 4.79 Å². The third kappa shape index (κ3) is 12.3. The lowest BCUT2D eigenvalue weighted by Crippen LogP contribution is -2.44. The van der Waals surface area contributed by atoms with Crippen molar-refractivity contribution in [2.45, 2.75) is 91.3 Å². The fourth-order valence-electron chi connectivity index (χ4n) is 2.06. The normalized spacial score (nSPS) is 14.7. The summed E-state index contributed by atoms with van der Waals surface area (Å²) >= 11 is 0. The smallest absolute Gasteiger partial charge is 0.407 e. The van der Waals surface area contributed by atoms with Crippen molar-refractivity contribution in [2.24, 2.45) is 0 Å². The van der Waals surface area contributed by atoms with Gasteiger partial charge in [-0.05, 0) is 41.0 Å². The Kier molecular flexibility index (Phi) is 9.64. The average molecular weight is 286 g/mol. The van der Waals surface area contributed by atoms with Gasteiger partial charge in [0, 0.05) is 18.6 Å². The zero-order chi connectivity index (χ0) is 15.6. The topological polar surface area (TPSA) is 50.4 Å². The van der Waals surface area contributed by atoms with Crippen LogP contribution in [0, 0.1) is 0 Å². The van der Waals surface area contributed by atoms with E-state index in [-0.39, 0.29) is 12.1 Å². The van der Waals surface area contributed by atoms with E-state index in [1.165, 1.54) is 32.1 Å². The second-order valence-corrected chi connectivity index (χ2v) is 6.70. The van der Waals surface area contributed by atoms with Crippen LogP contribution < -0.4 is 10.6 Å². The van der Waals surface area contributed by atoms with Crippen molar-refractivity contribution in [3.05, 3.63) is 0 Å². The Balaban J connectivity index is 3.71. The van der Waals surface area contributed by atoms with Crippen LogP contribution in [0.4, 0.5) is 4.79 Å². The van der Waals surface area contributed by atoms with Gasteiger partial charge in [-0.15, -0.1) is 0 Å². The highest BCUT2D eigenvalue weighted by Gasteiger charge is 2.16. The molecule has 0 fully saturated rings. The van der Waals surface area contributed by atoms with Gasteiger partial charge < -0.3 is 15.4 Å². The van der Waals surface area contributed by atoms with Crippen molar-refractivity contribution in [1.82, 2.24) is 10.6 Å². The summed E-state index contributed by atoms with van der Waals surface area (Å²) in [7, 11) is 0. The summed E-state index contributed by atoms with van der Waals surface area (Å²) in [4.78, 5) is 11.5. The molecule has 0 rings (SSSR count). The molecule has 0 radical (unpaired) electrons. The van der Waals surface area contributed by atoms with Crippen molar-refractivity contribution < 1.29 is 9.53 Å². The van der Waals surface area contributed by atoms with Gasteiger partial charge in [-0.3, -0.25) is 0 Å². The van der Waals surface area contributed by atoms with Crippen molar-refractivity contribution in [1.29, 1.82) is 0 Å². The maximum atomic E-state index is 11.5. The minimum absolute atomic E-state index is 0.253. The van der Waals surface area contributed by atoms with Gasteiger partial charge in [0.05, 0.1) is 0 Å². The predicted molar refractivity (Wildman–Crippen MR) is 85.1 cm³/mol. The molecule has 0 aliphatic heterocycles. The van der Waals surface area contributed by atoms with Crippen molar-refractivity contribution in [2.75, 3.05) is 6.54 Å². The molecule has 0 aliphatic carbocycles. The maximum absolute atomic E-state index is 11.5. The minimum atomic E-state index is -0.437. The number of alkyl carbamates (subject to hydrolysis) is 1. The fraction of sp³-hybridized carbons (Fsp3) is 0.938. The molecule has 0 aliphatic rings. The Morgan fingerprint density at radius 3 is 2.30 bits per heavy atom. The Morgan fingerprint density at radius 2 is 1.75 bits per heavy atom. The van der Waals surface area contributed by atoms with Crippen LogP contribution in [0.15, 0.2) is 0 Å². The van der Waals surface area contributed by atoms with Crippen LogP contribution in [0.1, 0.15) is 73.6 Å². The Morgan fingerprint density at radius 1 is 1.10 bits per heavy atom. The number of ether oxygens (including phenoxy) is 1. The number of carbonyl (C=O) groups is 1. The van der Waals surface area contributed by atoms with E-state index in [1.807, 2.05) is 20.8 Å². The van der Waals surface area contributed by atoms with E-state index in [9.17, 15) is 4.79 Å². The molecule has 4 heteroatoms. The Hall–Kier alpha value is -0.770. The zero-order valence-electron chi connectivity index (χ0n) is 14.2. The van der Waals surface area contributed by atoms with E-state index in [0.717, 1.165) is 0 Å². The molecule has 0 heterocycles. The van der Waals surface area contributed by atoms with Crippen LogP contribution in [0.5, 0.6) is 0 Å². The van der Waals surface area contributed by atoms with Gasteiger partial charge in [0.2, 0.25) is 0 Å². The molecule has 2 unspecified atom stereocenters. The van der Waals surface area contributed by atoms with Crippen molar-refractivity contribution in [3.63, 3.8) is 0 Å². The molecule has 0 saturated heterocycles. The van der Waals surface area contributed by atoms with E-state index in [1.54, 1.807) is 0 Å². The lowest BCUT2D eigenvalue weighted by atomic mass is 10.1. The molecule has 1 amide bonds. The second kappa shape index (κ2) is 10.0. The van der Waals surface area contributed by atoms with E-state index >= 15 is 0 Å². The number of hydrogen-bond acceptors (Lipinski definition) is 3. The highest BCUT2D eigenvalue weighted by molar-refractivity contribution is 5.67.